The Kier molecular flexibility index (Phi) is 5.24. The molecule has 0 aliphatic rings. The Labute approximate surface area is 168 Å². The van der Waals surface area contributed by atoms with Crippen LogP contribution in [-0.4, -0.2) is 43.1 Å². The SMILES string of the molecule is Cc1ncn(-c2cc(NCCNC(=O)Cn3ccc4ccccc43)ncn2)c1C. The summed E-state index contributed by atoms with van der Waals surface area (Å²) in [6.45, 7) is 5.33. The second kappa shape index (κ2) is 8.14. The molecule has 0 saturated heterocycles. The minimum atomic E-state index is -0.0268. The number of para-hydroxylation sites is 1. The number of hydrogen-bond donors (Lipinski definition) is 2. The third-order valence-electron chi connectivity index (χ3n) is 4.90. The third kappa shape index (κ3) is 4.11. The number of carbonyl (C=O) groups is 1. The molecule has 0 radical (unpaired) electrons. The van der Waals surface area contributed by atoms with E-state index in [1.165, 1.54) is 6.33 Å². The number of anilines is 1. The number of hydrogen-bond acceptors (Lipinski definition) is 5. The monoisotopic (exact) mass is 389 g/mol. The lowest BCUT2D eigenvalue weighted by Gasteiger charge is -2.10. The summed E-state index contributed by atoms with van der Waals surface area (Å²) in [4.78, 5) is 25.1. The van der Waals surface area contributed by atoms with E-state index in [-0.39, 0.29) is 5.91 Å². The maximum atomic E-state index is 12.2. The highest BCUT2D eigenvalue weighted by atomic mass is 16.1. The molecular formula is C21H23N7O. The van der Waals surface area contributed by atoms with Gasteiger partial charge in [0, 0.05) is 36.6 Å². The number of benzene rings is 1. The zero-order valence-corrected chi connectivity index (χ0v) is 16.5. The molecule has 4 aromatic rings. The largest absolute Gasteiger partial charge is 0.368 e. The van der Waals surface area contributed by atoms with Crippen LogP contribution in [0, 0.1) is 13.8 Å². The molecule has 0 aliphatic heterocycles. The zero-order chi connectivity index (χ0) is 20.2. The van der Waals surface area contributed by atoms with Gasteiger partial charge in [-0.2, -0.15) is 0 Å². The van der Waals surface area contributed by atoms with Crippen molar-refractivity contribution in [2.24, 2.45) is 0 Å². The Bertz CT molecular complexity index is 1140. The molecule has 2 N–H and O–H groups in total. The summed E-state index contributed by atoms with van der Waals surface area (Å²) >= 11 is 0. The van der Waals surface area contributed by atoms with Gasteiger partial charge in [-0.25, -0.2) is 15.0 Å². The number of aryl methyl sites for hydroxylation is 1. The fourth-order valence-corrected chi connectivity index (χ4v) is 3.19. The molecule has 0 fully saturated rings. The average Bonchev–Trinajstić information content (AvgIpc) is 3.29. The summed E-state index contributed by atoms with van der Waals surface area (Å²) in [6.07, 6.45) is 5.20. The number of carbonyl (C=O) groups excluding carboxylic acids is 1. The van der Waals surface area contributed by atoms with Gasteiger partial charge in [0.25, 0.3) is 0 Å². The van der Waals surface area contributed by atoms with E-state index in [1.807, 2.05) is 65.6 Å². The molecule has 0 saturated carbocycles. The number of nitrogens with zero attached hydrogens (tertiary/aromatic N) is 5. The van der Waals surface area contributed by atoms with Crippen LogP contribution in [0.15, 0.2) is 55.2 Å². The number of nitrogens with one attached hydrogen (secondary N) is 2. The van der Waals surface area contributed by atoms with E-state index in [0.29, 0.717) is 25.5 Å². The zero-order valence-electron chi connectivity index (χ0n) is 16.5. The lowest BCUT2D eigenvalue weighted by molar-refractivity contribution is -0.121. The summed E-state index contributed by atoms with van der Waals surface area (Å²) in [7, 11) is 0. The average molecular weight is 389 g/mol. The second-order valence-electron chi connectivity index (χ2n) is 6.83. The standard InChI is InChI=1S/C21H23N7O/c1-15-16(2)28(14-26-15)20-11-19(24-13-25-20)22-8-9-23-21(29)12-27-10-7-17-5-3-4-6-18(17)27/h3-7,10-11,13-14H,8-9,12H2,1-2H3,(H,23,29)(H,22,24,25). The Morgan fingerprint density at radius 1 is 1.07 bits per heavy atom. The Morgan fingerprint density at radius 2 is 1.93 bits per heavy atom. The molecule has 148 valence electrons. The molecule has 0 bridgehead atoms. The lowest BCUT2D eigenvalue weighted by Crippen LogP contribution is -2.31. The number of amides is 1. The molecule has 0 aliphatic carbocycles. The van der Waals surface area contributed by atoms with E-state index in [2.05, 4.69) is 25.6 Å². The fourth-order valence-electron chi connectivity index (χ4n) is 3.19. The van der Waals surface area contributed by atoms with Crippen LogP contribution < -0.4 is 10.6 Å². The molecule has 1 amide bonds. The quantitative estimate of drug-likeness (QED) is 0.474. The van der Waals surface area contributed by atoms with Crippen LogP contribution >= 0.6 is 0 Å². The van der Waals surface area contributed by atoms with E-state index < -0.39 is 0 Å². The van der Waals surface area contributed by atoms with E-state index in [9.17, 15) is 4.79 Å². The van der Waals surface area contributed by atoms with Gasteiger partial charge in [-0.15, -0.1) is 0 Å². The third-order valence-corrected chi connectivity index (χ3v) is 4.90. The van der Waals surface area contributed by atoms with Gasteiger partial charge in [-0.3, -0.25) is 9.36 Å². The number of fused-ring (bicyclic) bond motifs is 1. The smallest absolute Gasteiger partial charge is 0.240 e. The van der Waals surface area contributed by atoms with Crippen LogP contribution in [-0.2, 0) is 11.3 Å². The van der Waals surface area contributed by atoms with Crippen molar-refractivity contribution in [2.45, 2.75) is 20.4 Å². The number of rotatable bonds is 7. The van der Waals surface area contributed by atoms with Crippen molar-refractivity contribution < 1.29 is 4.79 Å². The molecule has 0 atom stereocenters. The van der Waals surface area contributed by atoms with Gasteiger partial charge in [0.2, 0.25) is 5.91 Å². The lowest BCUT2D eigenvalue weighted by atomic mass is 10.2. The fraction of sp³-hybridized carbons (Fsp3) is 0.238. The van der Waals surface area contributed by atoms with Crippen LogP contribution in [0.25, 0.3) is 16.7 Å². The van der Waals surface area contributed by atoms with Gasteiger partial charge in [0.15, 0.2) is 0 Å². The van der Waals surface area contributed by atoms with Gasteiger partial charge in [0.1, 0.15) is 30.8 Å². The number of aromatic nitrogens is 5. The van der Waals surface area contributed by atoms with Crippen molar-refractivity contribution in [1.82, 2.24) is 29.4 Å². The Balaban J connectivity index is 1.29. The van der Waals surface area contributed by atoms with Crippen LogP contribution in [0.5, 0.6) is 0 Å². The maximum Gasteiger partial charge on any atom is 0.240 e. The van der Waals surface area contributed by atoms with E-state index >= 15 is 0 Å². The van der Waals surface area contributed by atoms with Crippen LogP contribution in [0.4, 0.5) is 5.82 Å². The van der Waals surface area contributed by atoms with Crippen molar-refractivity contribution in [3.63, 3.8) is 0 Å². The predicted octanol–water partition coefficient (Wildman–Crippen LogP) is 2.46. The first-order valence-corrected chi connectivity index (χ1v) is 9.49. The van der Waals surface area contributed by atoms with Crippen molar-refractivity contribution in [3.05, 3.63) is 66.6 Å². The highest BCUT2D eigenvalue weighted by Gasteiger charge is 2.08. The summed E-state index contributed by atoms with van der Waals surface area (Å²) in [6, 6.07) is 11.9. The maximum absolute atomic E-state index is 12.2. The van der Waals surface area contributed by atoms with Crippen molar-refractivity contribution >= 4 is 22.6 Å². The topological polar surface area (TPSA) is 89.7 Å². The molecule has 29 heavy (non-hydrogen) atoms. The van der Waals surface area contributed by atoms with E-state index in [0.717, 1.165) is 28.1 Å². The predicted molar refractivity (Wildman–Crippen MR) is 112 cm³/mol. The van der Waals surface area contributed by atoms with Gasteiger partial charge in [-0.1, -0.05) is 18.2 Å². The molecule has 0 unspecified atom stereocenters. The summed E-state index contributed by atoms with van der Waals surface area (Å²) in [5.41, 5.74) is 3.06. The molecule has 1 aromatic carbocycles. The van der Waals surface area contributed by atoms with Crippen molar-refractivity contribution in [2.75, 3.05) is 18.4 Å². The van der Waals surface area contributed by atoms with Crippen LogP contribution in [0.3, 0.4) is 0 Å². The molecule has 8 heteroatoms. The Morgan fingerprint density at radius 3 is 2.76 bits per heavy atom. The highest BCUT2D eigenvalue weighted by molar-refractivity contribution is 5.83. The minimum Gasteiger partial charge on any atom is -0.368 e. The minimum absolute atomic E-state index is 0.0268. The second-order valence-corrected chi connectivity index (χ2v) is 6.83. The Hall–Kier alpha value is -3.68. The summed E-state index contributed by atoms with van der Waals surface area (Å²) in [5, 5.41) is 7.28. The van der Waals surface area contributed by atoms with Crippen molar-refractivity contribution in [1.29, 1.82) is 0 Å². The molecular weight excluding hydrogens is 366 g/mol. The highest BCUT2D eigenvalue weighted by Crippen LogP contribution is 2.15. The van der Waals surface area contributed by atoms with Crippen molar-refractivity contribution in [3.8, 4) is 5.82 Å². The normalized spacial score (nSPS) is 11.0. The molecule has 3 aromatic heterocycles. The van der Waals surface area contributed by atoms with E-state index in [4.69, 9.17) is 0 Å². The summed E-state index contributed by atoms with van der Waals surface area (Å²) in [5.74, 6) is 1.43. The molecule has 4 rings (SSSR count). The van der Waals surface area contributed by atoms with Gasteiger partial charge >= 0.3 is 0 Å². The molecule has 3 heterocycles. The first-order chi connectivity index (χ1) is 14.1. The van der Waals surface area contributed by atoms with Crippen LogP contribution in [0.1, 0.15) is 11.4 Å². The summed E-state index contributed by atoms with van der Waals surface area (Å²) < 4.78 is 3.87. The van der Waals surface area contributed by atoms with Gasteiger partial charge in [-0.05, 0) is 31.4 Å². The first kappa shape index (κ1) is 18.7. The molecule has 0 spiro atoms. The van der Waals surface area contributed by atoms with Gasteiger partial charge < -0.3 is 15.2 Å². The molecule has 8 nitrogen and oxygen atoms in total. The van der Waals surface area contributed by atoms with Gasteiger partial charge in [0.05, 0.1) is 5.69 Å². The van der Waals surface area contributed by atoms with Crippen LogP contribution in [0.2, 0.25) is 0 Å². The number of imidazole rings is 1. The van der Waals surface area contributed by atoms with E-state index in [1.54, 1.807) is 6.33 Å². The first-order valence-electron chi connectivity index (χ1n) is 9.49.